The number of hydrogen-bond acceptors (Lipinski definition) is 5. The van der Waals surface area contributed by atoms with Crippen LogP contribution in [0.25, 0.3) is 10.9 Å². The van der Waals surface area contributed by atoms with E-state index in [0.29, 0.717) is 25.0 Å². The third-order valence-corrected chi connectivity index (χ3v) is 7.55. The minimum absolute atomic E-state index is 0.169. The van der Waals surface area contributed by atoms with Crippen molar-refractivity contribution in [2.75, 3.05) is 12.8 Å². The molecule has 0 spiro atoms. The average Bonchev–Trinajstić information content (AvgIpc) is 3.15. The predicted molar refractivity (Wildman–Crippen MR) is 118 cm³/mol. The number of ether oxygens (including phenoxy) is 1. The number of rotatable bonds is 3. The zero-order chi connectivity index (χ0) is 22.1. The first-order valence-electron chi connectivity index (χ1n) is 10.4. The first-order chi connectivity index (χ1) is 14.5. The summed E-state index contributed by atoms with van der Waals surface area (Å²) < 4.78 is 34.7. The number of nitrogens with zero attached hydrogens (tertiary/aromatic N) is 4. The first kappa shape index (κ1) is 20.3. The third-order valence-electron chi connectivity index (χ3n) is 6.30. The van der Waals surface area contributed by atoms with Gasteiger partial charge >= 0.3 is 0 Å². The van der Waals surface area contributed by atoms with Gasteiger partial charge in [-0.15, -0.1) is 0 Å². The number of benzene rings is 1. The summed E-state index contributed by atoms with van der Waals surface area (Å²) in [5.74, 6) is 0.898. The van der Waals surface area contributed by atoms with Crippen molar-refractivity contribution in [1.82, 2.24) is 18.7 Å². The highest BCUT2D eigenvalue weighted by Gasteiger charge is 2.31. The molecule has 3 aromatic rings. The summed E-state index contributed by atoms with van der Waals surface area (Å²) in [5.41, 5.74) is 4.21. The largest absolute Gasteiger partial charge is 0.487 e. The van der Waals surface area contributed by atoms with E-state index in [-0.39, 0.29) is 17.7 Å². The third kappa shape index (κ3) is 3.36. The molecule has 0 unspecified atom stereocenters. The van der Waals surface area contributed by atoms with Gasteiger partial charge < -0.3 is 9.30 Å². The van der Waals surface area contributed by atoms with Crippen molar-refractivity contribution in [3.63, 3.8) is 0 Å². The molecular formula is C22H26N4O4S. The maximum atomic E-state index is 13.3. The molecule has 0 aliphatic carbocycles. The Morgan fingerprint density at radius 3 is 2.77 bits per heavy atom. The van der Waals surface area contributed by atoms with E-state index < -0.39 is 10.0 Å². The van der Waals surface area contributed by atoms with Crippen LogP contribution in [0.4, 0.5) is 0 Å². The minimum Gasteiger partial charge on any atom is -0.487 e. The van der Waals surface area contributed by atoms with Crippen molar-refractivity contribution >= 4 is 20.9 Å². The van der Waals surface area contributed by atoms with Gasteiger partial charge in [-0.1, -0.05) is 12.1 Å². The second kappa shape index (κ2) is 6.67. The Kier molecular flexibility index (Phi) is 4.36. The zero-order valence-electron chi connectivity index (χ0n) is 18.2. The number of fused-ring (bicyclic) bond motifs is 4. The molecule has 0 amide bonds. The van der Waals surface area contributed by atoms with Gasteiger partial charge in [0.1, 0.15) is 16.9 Å². The highest BCUT2D eigenvalue weighted by molar-refractivity contribution is 7.88. The van der Waals surface area contributed by atoms with Crippen molar-refractivity contribution < 1.29 is 13.2 Å². The molecule has 8 nitrogen and oxygen atoms in total. The van der Waals surface area contributed by atoms with E-state index >= 15 is 0 Å². The average molecular weight is 443 g/mol. The fourth-order valence-corrected chi connectivity index (χ4v) is 5.59. The van der Waals surface area contributed by atoms with Crippen LogP contribution in [0.1, 0.15) is 36.2 Å². The molecule has 0 N–H and O–H groups in total. The molecule has 0 radical (unpaired) electrons. The zero-order valence-corrected chi connectivity index (χ0v) is 19.0. The molecule has 9 heteroatoms. The van der Waals surface area contributed by atoms with Gasteiger partial charge in [-0.25, -0.2) is 13.1 Å². The van der Waals surface area contributed by atoms with E-state index in [0.717, 1.165) is 39.9 Å². The number of aromatic nitrogens is 3. The molecule has 2 aromatic heterocycles. The van der Waals surface area contributed by atoms with Gasteiger partial charge in [-0.2, -0.15) is 9.40 Å². The van der Waals surface area contributed by atoms with Crippen molar-refractivity contribution in [2.45, 2.75) is 45.4 Å². The van der Waals surface area contributed by atoms with Crippen molar-refractivity contribution in [3.8, 4) is 5.75 Å². The Hall–Kier alpha value is -2.65. The number of hydrogen-bond donors (Lipinski definition) is 0. The van der Waals surface area contributed by atoms with E-state index in [1.165, 1.54) is 15.2 Å². The van der Waals surface area contributed by atoms with E-state index in [2.05, 4.69) is 25.0 Å². The van der Waals surface area contributed by atoms with Gasteiger partial charge in [-0.05, 0) is 43.0 Å². The second-order valence-corrected chi connectivity index (χ2v) is 11.2. The lowest BCUT2D eigenvalue weighted by Gasteiger charge is -2.25. The fourth-order valence-electron chi connectivity index (χ4n) is 4.81. The van der Waals surface area contributed by atoms with E-state index in [9.17, 15) is 13.2 Å². The van der Waals surface area contributed by atoms with Crippen LogP contribution in [0.5, 0.6) is 5.75 Å². The van der Waals surface area contributed by atoms with Crippen molar-refractivity contribution in [3.05, 3.63) is 57.1 Å². The monoisotopic (exact) mass is 442 g/mol. The molecular weight excluding hydrogens is 416 g/mol. The Bertz CT molecular complexity index is 1380. The molecule has 0 bridgehead atoms. The lowest BCUT2D eigenvalue weighted by Crippen LogP contribution is -2.35. The molecule has 0 fully saturated rings. The molecule has 31 heavy (non-hydrogen) atoms. The van der Waals surface area contributed by atoms with Crippen LogP contribution in [-0.4, -0.2) is 45.5 Å². The van der Waals surface area contributed by atoms with Gasteiger partial charge in [0, 0.05) is 31.1 Å². The van der Waals surface area contributed by atoms with Gasteiger partial charge in [0.25, 0.3) is 5.56 Å². The summed E-state index contributed by atoms with van der Waals surface area (Å²) in [6.45, 7) is 5.19. The summed E-state index contributed by atoms with van der Waals surface area (Å²) in [6.07, 6.45) is 4.37. The SMILES string of the molecule is Cn1c2c(c3cnn(Cc4ccc5c(c4)CC(C)(C)O5)c(=O)c31)CCN(S(C)(=O)=O)C2. The van der Waals surface area contributed by atoms with Gasteiger partial charge in [0.15, 0.2) is 0 Å². The normalized spacial score (nSPS) is 18.1. The standard InChI is InChI=1S/C22H26N4O4S/c1-22(2)10-15-9-14(5-6-19(15)30-22)12-26-21(27)20-17(11-23-26)16-7-8-25(31(4,28)29)13-18(16)24(20)3/h5-6,9,11H,7-8,10,12-13H2,1-4H3. The van der Waals surface area contributed by atoms with Gasteiger partial charge in [0.05, 0.1) is 25.5 Å². The molecule has 4 heterocycles. The molecule has 2 aliphatic rings. The Labute approximate surface area is 181 Å². The Morgan fingerprint density at radius 1 is 1.26 bits per heavy atom. The van der Waals surface area contributed by atoms with Crippen LogP contribution >= 0.6 is 0 Å². The topological polar surface area (TPSA) is 86.4 Å². The Morgan fingerprint density at radius 2 is 2.03 bits per heavy atom. The predicted octanol–water partition coefficient (Wildman–Crippen LogP) is 1.81. The second-order valence-electron chi connectivity index (χ2n) is 9.18. The quantitative estimate of drug-likeness (QED) is 0.618. The van der Waals surface area contributed by atoms with Crippen LogP contribution in [0, 0.1) is 0 Å². The fraction of sp³-hybridized carbons (Fsp3) is 0.455. The summed E-state index contributed by atoms with van der Waals surface area (Å²) in [6, 6.07) is 6.02. The molecule has 164 valence electrons. The molecule has 0 saturated heterocycles. The summed E-state index contributed by atoms with van der Waals surface area (Å²) in [4.78, 5) is 13.3. The molecule has 0 atom stereocenters. The molecule has 1 aromatic carbocycles. The van der Waals surface area contributed by atoms with E-state index in [4.69, 9.17) is 4.74 Å². The molecule has 0 saturated carbocycles. The summed E-state index contributed by atoms with van der Waals surface area (Å²) in [5, 5.41) is 5.26. The van der Waals surface area contributed by atoms with Crippen molar-refractivity contribution in [1.29, 1.82) is 0 Å². The number of sulfonamides is 1. The van der Waals surface area contributed by atoms with Crippen LogP contribution in [0.15, 0.2) is 29.2 Å². The maximum absolute atomic E-state index is 13.3. The highest BCUT2D eigenvalue weighted by atomic mass is 32.2. The minimum atomic E-state index is -3.28. The lowest BCUT2D eigenvalue weighted by atomic mass is 10.0. The lowest BCUT2D eigenvalue weighted by molar-refractivity contribution is 0.138. The first-order valence-corrected chi connectivity index (χ1v) is 12.2. The van der Waals surface area contributed by atoms with Gasteiger partial charge in [-0.3, -0.25) is 4.79 Å². The maximum Gasteiger partial charge on any atom is 0.291 e. The molecule has 5 rings (SSSR count). The van der Waals surface area contributed by atoms with Crippen LogP contribution in [0.3, 0.4) is 0 Å². The van der Waals surface area contributed by atoms with E-state index in [1.54, 1.807) is 6.20 Å². The summed E-state index contributed by atoms with van der Waals surface area (Å²) in [7, 11) is -1.46. The smallest absolute Gasteiger partial charge is 0.291 e. The highest BCUT2D eigenvalue weighted by Crippen LogP contribution is 2.35. The Balaban J connectivity index is 1.52. The van der Waals surface area contributed by atoms with Crippen LogP contribution in [-0.2, 0) is 43.0 Å². The van der Waals surface area contributed by atoms with Crippen molar-refractivity contribution in [2.24, 2.45) is 7.05 Å². The summed E-state index contributed by atoms with van der Waals surface area (Å²) >= 11 is 0. The van der Waals surface area contributed by atoms with E-state index in [1.807, 2.05) is 23.7 Å². The molecule has 2 aliphatic heterocycles. The van der Waals surface area contributed by atoms with Crippen LogP contribution in [0.2, 0.25) is 0 Å². The van der Waals surface area contributed by atoms with Gasteiger partial charge in [0.2, 0.25) is 10.0 Å². The number of aryl methyl sites for hydroxylation is 1. The van der Waals surface area contributed by atoms with Crippen LogP contribution < -0.4 is 10.3 Å².